The van der Waals surface area contributed by atoms with E-state index >= 15 is 4.39 Å². The number of carbonyl (C=O) groups is 2. The van der Waals surface area contributed by atoms with Crippen LogP contribution in [-0.4, -0.2) is 77.2 Å². The van der Waals surface area contributed by atoms with Crippen LogP contribution in [0.25, 0.3) is 11.0 Å². The largest absolute Gasteiger partial charge is 0.481 e. The van der Waals surface area contributed by atoms with Gasteiger partial charge < -0.3 is 24.6 Å². The molecule has 0 aliphatic carbocycles. The maximum Gasteiger partial charge on any atom is 0.408 e. The van der Waals surface area contributed by atoms with E-state index in [1.165, 1.54) is 14.2 Å². The average Bonchev–Trinajstić information content (AvgIpc) is 2.77. The number of nitrogens with zero attached hydrogens (tertiary/aromatic N) is 3. The minimum atomic E-state index is -1.11. The summed E-state index contributed by atoms with van der Waals surface area (Å²) < 4.78 is 30.6. The second-order valence-electron chi connectivity index (χ2n) is 9.11. The molecule has 0 aromatic carbocycles. The van der Waals surface area contributed by atoms with Crippen LogP contribution < -0.4 is 10.1 Å². The van der Waals surface area contributed by atoms with Gasteiger partial charge in [-0.15, -0.1) is 0 Å². The van der Waals surface area contributed by atoms with Crippen molar-refractivity contribution < 1.29 is 33.3 Å². The van der Waals surface area contributed by atoms with Gasteiger partial charge in [-0.3, -0.25) is 14.7 Å². The minimum absolute atomic E-state index is 0.00633. The van der Waals surface area contributed by atoms with Crippen LogP contribution in [0.5, 0.6) is 5.88 Å². The van der Waals surface area contributed by atoms with Crippen LogP contribution in [0.3, 0.4) is 0 Å². The predicted molar refractivity (Wildman–Crippen MR) is 121 cm³/mol. The lowest BCUT2D eigenvalue weighted by Gasteiger charge is -2.40. The van der Waals surface area contributed by atoms with Crippen molar-refractivity contribution in [3.8, 4) is 5.88 Å². The average molecular weight is 479 g/mol. The lowest BCUT2D eigenvalue weighted by Crippen LogP contribution is -2.59. The van der Waals surface area contributed by atoms with Gasteiger partial charge in [-0.1, -0.05) is 0 Å². The third-order valence-electron chi connectivity index (χ3n) is 5.51. The number of pyridine rings is 2. The SMILES string of the molecule is COC(=O)C(CN1CCCC(O)C1NC(=O)OC(C)(C)C)c1c(F)cnc2ccc(OC)nc12. The number of fused-ring (bicyclic) bond motifs is 1. The van der Waals surface area contributed by atoms with Crippen molar-refractivity contribution >= 4 is 23.1 Å². The molecular weight excluding hydrogens is 447 g/mol. The molecule has 186 valence electrons. The molecule has 1 aliphatic heterocycles. The molecule has 3 atom stereocenters. The van der Waals surface area contributed by atoms with Crippen molar-refractivity contribution in [1.29, 1.82) is 0 Å². The standard InChI is InChI=1S/C23H31FN4O6/c1-23(2,3)34-22(31)27-20-16(29)7-6-10-28(20)12-13(21(30)33-5)18-14(24)11-25-15-8-9-17(32-4)26-19(15)18/h8-9,11,13,16,20,29H,6-7,10,12H2,1-5H3,(H,27,31). The van der Waals surface area contributed by atoms with E-state index < -0.39 is 41.7 Å². The molecule has 3 rings (SSSR count). The number of nitrogens with one attached hydrogen (secondary N) is 1. The van der Waals surface area contributed by atoms with E-state index in [2.05, 4.69) is 15.3 Å². The summed E-state index contributed by atoms with van der Waals surface area (Å²) in [6.45, 7) is 5.60. The third-order valence-corrected chi connectivity index (χ3v) is 5.51. The lowest BCUT2D eigenvalue weighted by atomic mass is 9.94. The Hall–Kier alpha value is -3.05. The number of aromatic nitrogens is 2. The van der Waals surface area contributed by atoms with Crippen LogP contribution in [0, 0.1) is 5.82 Å². The molecule has 3 unspecified atom stereocenters. The molecule has 1 amide bonds. The molecule has 11 heteroatoms. The maximum absolute atomic E-state index is 15.1. The highest BCUT2D eigenvalue weighted by atomic mass is 19.1. The van der Waals surface area contributed by atoms with Crippen LogP contribution in [0.15, 0.2) is 18.3 Å². The Morgan fingerprint density at radius 2 is 2.06 bits per heavy atom. The normalized spacial score (nSPS) is 20.0. The molecule has 2 N–H and O–H groups in total. The van der Waals surface area contributed by atoms with Gasteiger partial charge in [0.1, 0.15) is 17.6 Å². The van der Waals surface area contributed by atoms with Crippen molar-refractivity contribution in [3.63, 3.8) is 0 Å². The summed E-state index contributed by atoms with van der Waals surface area (Å²) in [5.41, 5.74) is -0.170. The van der Waals surface area contributed by atoms with E-state index in [1.807, 2.05) is 0 Å². The van der Waals surface area contributed by atoms with Gasteiger partial charge in [0.15, 0.2) is 0 Å². The first-order valence-electron chi connectivity index (χ1n) is 11.0. The number of aliphatic hydroxyl groups is 1. The maximum atomic E-state index is 15.1. The van der Waals surface area contributed by atoms with Gasteiger partial charge in [-0.25, -0.2) is 14.2 Å². The first-order valence-corrected chi connectivity index (χ1v) is 11.0. The van der Waals surface area contributed by atoms with Crippen molar-refractivity contribution in [3.05, 3.63) is 29.7 Å². The van der Waals surface area contributed by atoms with Gasteiger partial charge in [0.2, 0.25) is 5.88 Å². The van der Waals surface area contributed by atoms with Crippen molar-refractivity contribution in [2.45, 2.75) is 57.4 Å². The number of alkyl carbamates (subject to hydrolysis) is 1. The lowest BCUT2D eigenvalue weighted by molar-refractivity contribution is -0.143. The van der Waals surface area contributed by atoms with Gasteiger partial charge in [0.05, 0.1) is 43.5 Å². The molecule has 10 nitrogen and oxygen atoms in total. The summed E-state index contributed by atoms with van der Waals surface area (Å²) in [5, 5.41) is 13.3. The van der Waals surface area contributed by atoms with Gasteiger partial charge in [0, 0.05) is 24.7 Å². The quantitative estimate of drug-likeness (QED) is 0.602. The first-order chi connectivity index (χ1) is 16.0. The molecule has 0 bridgehead atoms. The van der Waals surface area contributed by atoms with E-state index in [9.17, 15) is 14.7 Å². The Morgan fingerprint density at radius 1 is 1.32 bits per heavy atom. The summed E-state index contributed by atoms with van der Waals surface area (Å²) in [4.78, 5) is 35.4. The van der Waals surface area contributed by atoms with E-state index in [4.69, 9.17) is 14.2 Å². The first kappa shape index (κ1) is 25.6. The Balaban J connectivity index is 1.98. The molecule has 2 aromatic heterocycles. The Kier molecular flexibility index (Phi) is 7.88. The predicted octanol–water partition coefficient (Wildman–Crippen LogP) is 2.34. The number of hydrogen-bond acceptors (Lipinski definition) is 9. The summed E-state index contributed by atoms with van der Waals surface area (Å²) in [6.07, 6.45) is -0.349. The number of halogens is 1. The fourth-order valence-electron chi connectivity index (χ4n) is 4.02. The van der Waals surface area contributed by atoms with E-state index in [0.717, 1.165) is 6.20 Å². The monoisotopic (exact) mass is 478 g/mol. The zero-order valence-corrected chi connectivity index (χ0v) is 20.0. The molecule has 3 heterocycles. The summed E-state index contributed by atoms with van der Waals surface area (Å²) in [6, 6.07) is 3.21. The fourth-order valence-corrected chi connectivity index (χ4v) is 4.02. The molecular formula is C23H31FN4O6. The smallest absolute Gasteiger partial charge is 0.408 e. The number of ether oxygens (including phenoxy) is 3. The number of hydrogen-bond donors (Lipinski definition) is 2. The Labute approximate surface area is 197 Å². The number of piperidine rings is 1. The highest BCUT2D eigenvalue weighted by molar-refractivity contribution is 5.87. The van der Waals surface area contributed by atoms with Gasteiger partial charge in [-0.05, 0) is 39.7 Å². The van der Waals surface area contributed by atoms with E-state index in [0.29, 0.717) is 24.9 Å². The van der Waals surface area contributed by atoms with Crippen LogP contribution in [0.1, 0.15) is 45.1 Å². The zero-order chi connectivity index (χ0) is 25.0. The summed E-state index contributed by atoms with van der Waals surface area (Å²) >= 11 is 0. The van der Waals surface area contributed by atoms with Crippen LogP contribution >= 0.6 is 0 Å². The Bertz CT molecular complexity index is 1040. The molecule has 1 aliphatic rings. The van der Waals surface area contributed by atoms with Gasteiger partial charge in [-0.2, -0.15) is 0 Å². The summed E-state index contributed by atoms with van der Waals surface area (Å²) in [7, 11) is 2.65. The molecule has 2 aromatic rings. The number of esters is 1. The van der Waals surface area contributed by atoms with E-state index in [-0.39, 0.29) is 23.5 Å². The van der Waals surface area contributed by atoms with Crippen LogP contribution in [0.4, 0.5) is 9.18 Å². The third kappa shape index (κ3) is 5.89. The van der Waals surface area contributed by atoms with Crippen LogP contribution in [0.2, 0.25) is 0 Å². The number of rotatable bonds is 6. The second-order valence-corrected chi connectivity index (χ2v) is 9.11. The number of carbonyl (C=O) groups excluding carboxylic acids is 2. The Morgan fingerprint density at radius 3 is 2.71 bits per heavy atom. The number of aliphatic hydroxyl groups excluding tert-OH is 1. The number of methoxy groups -OCH3 is 2. The second kappa shape index (κ2) is 10.5. The van der Waals surface area contributed by atoms with E-state index in [1.54, 1.807) is 37.8 Å². The molecule has 0 spiro atoms. The number of likely N-dealkylation sites (tertiary alicyclic amines) is 1. The van der Waals surface area contributed by atoms with Crippen molar-refractivity contribution in [2.24, 2.45) is 0 Å². The number of amides is 1. The van der Waals surface area contributed by atoms with Crippen molar-refractivity contribution in [1.82, 2.24) is 20.2 Å². The fraction of sp³-hybridized carbons (Fsp3) is 0.565. The van der Waals surface area contributed by atoms with Gasteiger partial charge >= 0.3 is 12.1 Å². The molecule has 1 fully saturated rings. The summed E-state index contributed by atoms with van der Waals surface area (Å²) in [5.74, 6) is -2.28. The molecule has 0 radical (unpaired) electrons. The van der Waals surface area contributed by atoms with Crippen LogP contribution in [-0.2, 0) is 14.3 Å². The van der Waals surface area contributed by atoms with Crippen molar-refractivity contribution in [2.75, 3.05) is 27.3 Å². The molecule has 0 saturated carbocycles. The zero-order valence-electron chi connectivity index (χ0n) is 20.0. The minimum Gasteiger partial charge on any atom is -0.481 e. The topological polar surface area (TPSA) is 123 Å². The highest BCUT2D eigenvalue weighted by Gasteiger charge is 2.37. The highest BCUT2D eigenvalue weighted by Crippen LogP contribution is 2.31. The van der Waals surface area contributed by atoms with Gasteiger partial charge in [0.25, 0.3) is 0 Å². The molecule has 1 saturated heterocycles. The molecule has 34 heavy (non-hydrogen) atoms.